The van der Waals surface area contributed by atoms with Gasteiger partial charge in [0.05, 0.1) is 6.61 Å². The molecule has 5 nitrogen and oxygen atoms in total. The molecule has 1 unspecified atom stereocenters. The number of aromatic nitrogens is 2. The molecule has 17 heavy (non-hydrogen) atoms. The first kappa shape index (κ1) is 13.7. The number of nitrogen functional groups attached to an aromatic ring is 1. The Labute approximate surface area is 103 Å². The highest BCUT2D eigenvalue weighted by atomic mass is 16.5. The van der Waals surface area contributed by atoms with E-state index >= 15 is 0 Å². The van der Waals surface area contributed by atoms with E-state index in [1.54, 1.807) is 0 Å². The molecule has 0 saturated carbocycles. The predicted molar refractivity (Wildman–Crippen MR) is 70.1 cm³/mol. The van der Waals surface area contributed by atoms with Crippen LogP contribution in [-0.4, -0.2) is 29.2 Å². The Morgan fingerprint density at radius 3 is 2.65 bits per heavy atom. The first-order chi connectivity index (χ1) is 8.08. The van der Waals surface area contributed by atoms with Gasteiger partial charge in [-0.15, -0.1) is 0 Å². The summed E-state index contributed by atoms with van der Waals surface area (Å²) in [5.74, 6) is 2.11. The number of nitrogens with two attached hydrogens (primary N) is 1. The topological polar surface area (TPSA) is 73.1 Å². The Hall–Kier alpha value is -1.36. The van der Waals surface area contributed by atoms with Crippen LogP contribution in [0.1, 0.15) is 32.2 Å². The summed E-state index contributed by atoms with van der Waals surface area (Å²) in [6.45, 7) is 9.34. The van der Waals surface area contributed by atoms with Crippen molar-refractivity contribution in [1.29, 1.82) is 0 Å². The van der Waals surface area contributed by atoms with Crippen molar-refractivity contribution >= 4 is 11.6 Å². The van der Waals surface area contributed by atoms with Crippen LogP contribution in [0.15, 0.2) is 0 Å². The van der Waals surface area contributed by atoms with Gasteiger partial charge < -0.3 is 15.8 Å². The molecule has 0 bridgehead atoms. The molecule has 1 rings (SSSR count). The quantitative estimate of drug-likeness (QED) is 0.790. The highest BCUT2D eigenvalue weighted by molar-refractivity contribution is 5.55. The first-order valence-electron chi connectivity index (χ1n) is 6.05. The minimum atomic E-state index is 0.202. The maximum atomic E-state index is 5.85. The van der Waals surface area contributed by atoms with E-state index in [2.05, 4.69) is 22.2 Å². The number of ether oxygens (including phenoxy) is 1. The van der Waals surface area contributed by atoms with E-state index < -0.39 is 0 Å². The molecule has 0 fully saturated rings. The standard InChI is InChI=1S/C12H22N4O/c1-5-10-15-11(13)9(4)12(16-10)14-8(3)7-17-6-2/h8H,5-7H2,1-4H3,(H3,13,14,15,16). The van der Waals surface area contributed by atoms with Gasteiger partial charge in [0.2, 0.25) is 0 Å². The van der Waals surface area contributed by atoms with E-state index in [4.69, 9.17) is 10.5 Å². The Kier molecular flexibility index (Phi) is 5.15. The molecular formula is C12H22N4O. The highest BCUT2D eigenvalue weighted by Crippen LogP contribution is 2.18. The van der Waals surface area contributed by atoms with Gasteiger partial charge in [0.1, 0.15) is 17.5 Å². The molecule has 0 radical (unpaired) electrons. The summed E-state index contributed by atoms with van der Waals surface area (Å²) in [5.41, 5.74) is 6.74. The van der Waals surface area contributed by atoms with E-state index in [0.717, 1.165) is 30.2 Å². The molecule has 1 atom stereocenters. The molecule has 1 aromatic heterocycles. The van der Waals surface area contributed by atoms with Gasteiger partial charge in [-0.1, -0.05) is 6.92 Å². The summed E-state index contributed by atoms with van der Waals surface area (Å²) < 4.78 is 5.36. The van der Waals surface area contributed by atoms with Crippen LogP contribution in [0, 0.1) is 6.92 Å². The number of anilines is 2. The van der Waals surface area contributed by atoms with Crippen molar-refractivity contribution in [3.8, 4) is 0 Å². The Morgan fingerprint density at radius 2 is 2.06 bits per heavy atom. The molecule has 0 aromatic carbocycles. The third-order valence-corrected chi connectivity index (χ3v) is 2.50. The molecule has 0 amide bonds. The van der Waals surface area contributed by atoms with Crippen LogP contribution in [0.4, 0.5) is 11.6 Å². The fourth-order valence-corrected chi connectivity index (χ4v) is 1.45. The van der Waals surface area contributed by atoms with Gasteiger partial charge in [-0.3, -0.25) is 0 Å². The second-order valence-corrected chi connectivity index (χ2v) is 4.06. The zero-order valence-electron chi connectivity index (χ0n) is 11.1. The van der Waals surface area contributed by atoms with Crippen molar-refractivity contribution in [3.05, 3.63) is 11.4 Å². The lowest BCUT2D eigenvalue weighted by Crippen LogP contribution is -2.23. The predicted octanol–water partition coefficient (Wildman–Crippen LogP) is 1.77. The minimum Gasteiger partial charge on any atom is -0.383 e. The van der Waals surface area contributed by atoms with Gasteiger partial charge in [0, 0.05) is 24.6 Å². The van der Waals surface area contributed by atoms with Crippen LogP contribution in [0.2, 0.25) is 0 Å². The normalized spacial score (nSPS) is 12.5. The third-order valence-electron chi connectivity index (χ3n) is 2.50. The van der Waals surface area contributed by atoms with Gasteiger partial charge in [-0.25, -0.2) is 9.97 Å². The molecule has 96 valence electrons. The summed E-state index contributed by atoms with van der Waals surface area (Å²) in [4.78, 5) is 8.66. The molecule has 5 heteroatoms. The van der Waals surface area contributed by atoms with Crippen molar-refractivity contribution in [2.75, 3.05) is 24.3 Å². The van der Waals surface area contributed by atoms with Gasteiger partial charge >= 0.3 is 0 Å². The summed E-state index contributed by atoms with van der Waals surface area (Å²) >= 11 is 0. The first-order valence-corrected chi connectivity index (χ1v) is 6.05. The van der Waals surface area contributed by atoms with Crippen molar-refractivity contribution in [3.63, 3.8) is 0 Å². The van der Waals surface area contributed by atoms with E-state index in [1.807, 2.05) is 20.8 Å². The summed E-state index contributed by atoms with van der Waals surface area (Å²) in [5, 5.41) is 3.30. The number of nitrogens with zero attached hydrogens (tertiary/aromatic N) is 2. The Balaban J connectivity index is 2.78. The van der Waals surface area contributed by atoms with Crippen LogP contribution in [0.3, 0.4) is 0 Å². The molecule has 0 spiro atoms. The Bertz CT molecular complexity index is 368. The van der Waals surface area contributed by atoms with Crippen LogP contribution in [0.5, 0.6) is 0 Å². The average Bonchev–Trinajstić information content (AvgIpc) is 2.32. The van der Waals surface area contributed by atoms with E-state index in [9.17, 15) is 0 Å². The van der Waals surface area contributed by atoms with Gasteiger partial charge in [-0.2, -0.15) is 0 Å². The zero-order valence-corrected chi connectivity index (χ0v) is 11.1. The second-order valence-electron chi connectivity index (χ2n) is 4.06. The van der Waals surface area contributed by atoms with E-state index in [1.165, 1.54) is 0 Å². The number of nitrogens with one attached hydrogen (secondary N) is 1. The lowest BCUT2D eigenvalue weighted by atomic mass is 10.2. The average molecular weight is 238 g/mol. The van der Waals surface area contributed by atoms with Crippen molar-refractivity contribution in [1.82, 2.24) is 9.97 Å². The summed E-state index contributed by atoms with van der Waals surface area (Å²) in [6, 6.07) is 0.202. The van der Waals surface area contributed by atoms with Crippen LogP contribution >= 0.6 is 0 Å². The molecule has 0 saturated heterocycles. The molecule has 1 heterocycles. The van der Waals surface area contributed by atoms with E-state index in [0.29, 0.717) is 12.4 Å². The van der Waals surface area contributed by atoms with E-state index in [-0.39, 0.29) is 6.04 Å². The number of hydrogen-bond acceptors (Lipinski definition) is 5. The minimum absolute atomic E-state index is 0.202. The molecule has 0 aliphatic rings. The van der Waals surface area contributed by atoms with Gasteiger partial charge in [0.25, 0.3) is 0 Å². The fraction of sp³-hybridized carbons (Fsp3) is 0.667. The third kappa shape index (κ3) is 3.85. The fourth-order valence-electron chi connectivity index (χ4n) is 1.45. The SMILES string of the molecule is CCOCC(C)Nc1nc(CC)nc(N)c1C. The molecular weight excluding hydrogens is 216 g/mol. The van der Waals surface area contributed by atoms with Crippen LogP contribution < -0.4 is 11.1 Å². The number of rotatable bonds is 6. The molecule has 0 aliphatic carbocycles. The molecule has 1 aromatic rings. The lowest BCUT2D eigenvalue weighted by molar-refractivity contribution is 0.141. The lowest BCUT2D eigenvalue weighted by Gasteiger charge is -2.17. The molecule has 3 N–H and O–H groups in total. The number of hydrogen-bond donors (Lipinski definition) is 2. The second kappa shape index (κ2) is 6.39. The summed E-state index contributed by atoms with van der Waals surface area (Å²) in [6.07, 6.45) is 0.777. The Morgan fingerprint density at radius 1 is 1.35 bits per heavy atom. The highest BCUT2D eigenvalue weighted by Gasteiger charge is 2.10. The van der Waals surface area contributed by atoms with Crippen molar-refractivity contribution in [2.45, 2.75) is 40.2 Å². The maximum Gasteiger partial charge on any atom is 0.135 e. The molecule has 0 aliphatic heterocycles. The van der Waals surface area contributed by atoms with Gasteiger partial charge in [-0.05, 0) is 20.8 Å². The van der Waals surface area contributed by atoms with Crippen molar-refractivity contribution < 1.29 is 4.74 Å². The monoisotopic (exact) mass is 238 g/mol. The van der Waals surface area contributed by atoms with Crippen LogP contribution in [0.25, 0.3) is 0 Å². The largest absolute Gasteiger partial charge is 0.383 e. The summed E-state index contributed by atoms with van der Waals surface area (Å²) in [7, 11) is 0. The van der Waals surface area contributed by atoms with Crippen LogP contribution in [-0.2, 0) is 11.2 Å². The van der Waals surface area contributed by atoms with Gasteiger partial charge in [0.15, 0.2) is 0 Å². The number of aryl methyl sites for hydroxylation is 1. The smallest absolute Gasteiger partial charge is 0.135 e. The van der Waals surface area contributed by atoms with Crippen molar-refractivity contribution in [2.24, 2.45) is 0 Å². The zero-order chi connectivity index (χ0) is 12.8. The maximum absolute atomic E-state index is 5.85.